The molecule has 28 heavy (non-hydrogen) atoms. The van der Waals surface area contributed by atoms with Gasteiger partial charge in [0.2, 0.25) is 5.91 Å². The zero-order valence-electron chi connectivity index (χ0n) is 16.1. The third-order valence-electron chi connectivity index (χ3n) is 4.85. The van der Waals surface area contributed by atoms with Crippen molar-refractivity contribution in [3.63, 3.8) is 0 Å². The number of benzene rings is 1. The largest absolute Gasteiger partial charge is 0.493 e. The van der Waals surface area contributed by atoms with Crippen molar-refractivity contribution in [1.82, 2.24) is 19.7 Å². The molecule has 146 valence electrons. The molecular formula is C20H22N4O3S. The maximum absolute atomic E-state index is 13.0. The van der Waals surface area contributed by atoms with Crippen molar-refractivity contribution in [1.29, 1.82) is 0 Å². The summed E-state index contributed by atoms with van der Waals surface area (Å²) in [5, 5.41) is 4.09. The van der Waals surface area contributed by atoms with Gasteiger partial charge in [-0.2, -0.15) is 5.10 Å². The van der Waals surface area contributed by atoms with Crippen LogP contribution in [0.2, 0.25) is 0 Å². The second-order valence-corrected chi connectivity index (χ2v) is 8.02. The fourth-order valence-corrected chi connectivity index (χ4v) is 4.20. The average Bonchev–Trinajstić information content (AvgIpc) is 3.34. The second kappa shape index (κ2) is 7.63. The van der Waals surface area contributed by atoms with Crippen LogP contribution in [-0.2, 0) is 11.3 Å². The van der Waals surface area contributed by atoms with E-state index in [1.807, 2.05) is 13.0 Å². The number of methoxy groups -OCH3 is 1. The highest BCUT2D eigenvalue weighted by atomic mass is 32.1. The summed E-state index contributed by atoms with van der Waals surface area (Å²) < 4.78 is 13.1. The van der Waals surface area contributed by atoms with E-state index in [9.17, 15) is 4.79 Å². The van der Waals surface area contributed by atoms with Crippen molar-refractivity contribution in [2.45, 2.75) is 26.4 Å². The number of rotatable bonds is 4. The van der Waals surface area contributed by atoms with Crippen molar-refractivity contribution < 1.29 is 14.3 Å². The second-order valence-electron chi connectivity index (χ2n) is 6.74. The molecule has 4 rings (SSSR count). The van der Waals surface area contributed by atoms with E-state index in [-0.39, 0.29) is 5.91 Å². The van der Waals surface area contributed by atoms with Crippen LogP contribution in [0.25, 0.3) is 10.4 Å². The number of aryl methyl sites for hydroxylation is 1. The molecule has 3 aromatic rings. The number of hydrogen-bond donors (Lipinski definition) is 0. The minimum absolute atomic E-state index is 0.0155. The lowest BCUT2D eigenvalue weighted by molar-refractivity contribution is -0.135. The van der Waals surface area contributed by atoms with Gasteiger partial charge in [-0.15, -0.1) is 11.3 Å². The predicted molar refractivity (Wildman–Crippen MR) is 107 cm³/mol. The molecule has 0 aliphatic carbocycles. The van der Waals surface area contributed by atoms with Gasteiger partial charge < -0.3 is 14.4 Å². The number of nitrogens with zero attached hydrogens (tertiary/aromatic N) is 4. The molecule has 1 aromatic carbocycles. The van der Waals surface area contributed by atoms with Crippen molar-refractivity contribution in [2.75, 3.05) is 20.3 Å². The summed E-state index contributed by atoms with van der Waals surface area (Å²) in [6.07, 6.45) is 3.00. The van der Waals surface area contributed by atoms with Gasteiger partial charge >= 0.3 is 0 Å². The standard InChI is InChI=1S/C20H22N4O3S/c1-13-4-5-18(28-13)15-8-16-10-23(6-7-27-19(16)17(9-15)26-3)20(25)14(2)24-12-21-11-22-24/h4-5,8-9,11-12,14H,6-7,10H2,1-3H3/t14-/m0/s1. The van der Waals surface area contributed by atoms with Crippen LogP contribution in [0.3, 0.4) is 0 Å². The Morgan fingerprint density at radius 1 is 1.36 bits per heavy atom. The summed E-state index contributed by atoms with van der Waals surface area (Å²) in [5.41, 5.74) is 2.01. The maximum Gasteiger partial charge on any atom is 0.247 e. The minimum atomic E-state index is -0.422. The van der Waals surface area contributed by atoms with Crippen molar-refractivity contribution in [3.05, 3.63) is 47.4 Å². The number of thiophene rings is 1. The van der Waals surface area contributed by atoms with Crippen LogP contribution >= 0.6 is 11.3 Å². The molecule has 8 heteroatoms. The van der Waals surface area contributed by atoms with Gasteiger partial charge in [0, 0.05) is 21.9 Å². The maximum atomic E-state index is 13.0. The van der Waals surface area contributed by atoms with Crippen molar-refractivity contribution >= 4 is 17.2 Å². The monoisotopic (exact) mass is 398 g/mol. The Morgan fingerprint density at radius 2 is 2.21 bits per heavy atom. The van der Waals surface area contributed by atoms with Gasteiger partial charge in [0.1, 0.15) is 25.3 Å². The zero-order valence-corrected chi connectivity index (χ0v) is 16.9. The molecule has 0 fully saturated rings. The Bertz CT molecular complexity index is 984. The van der Waals surface area contributed by atoms with Crippen LogP contribution < -0.4 is 9.47 Å². The summed E-state index contributed by atoms with van der Waals surface area (Å²) in [4.78, 5) is 21.2. The van der Waals surface area contributed by atoms with Crippen LogP contribution in [0, 0.1) is 6.92 Å². The summed E-state index contributed by atoms with van der Waals surface area (Å²) in [6.45, 7) is 5.29. The van der Waals surface area contributed by atoms with Crippen LogP contribution in [0.1, 0.15) is 23.4 Å². The normalized spacial score (nSPS) is 14.8. The van der Waals surface area contributed by atoms with E-state index in [1.165, 1.54) is 11.2 Å². The minimum Gasteiger partial charge on any atom is -0.493 e. The van der Waals surface area contributed by atoms with Crippen LogP contribution in [-0.4, -0.2) is 45.8 Å². The number of carbonyl (C=O) groups excluding carboxylic acids is 1. The van der Waals surface area contributed by atoms with E-state index in [2.05, 4.69) is 35.2 Å². The van der Waals surface area contributed by atoms with Gasteiger partial charge in [-0.25, -0.2) is 9.67 Å². The third-order valence-corrected chi connectivity index (χ3v) is 5.90. The van der Waals surface area contributed by atoms with Gasteiger partial charge in [0.25, 0.3) is 0 Å². The molecule has 1 amide bonds. The highest BCUT2D eigenvalue weighted by Gasteiger charge is 2.27. The van der Waals surface area contributed by atoms with E-state index < -0.39 is 6.04 Å². The van der Waals surface area contributed by atoms with Crippen molar-refractivity contribution in [2.24, 2.45) is 0 Å². The zero-order chi connectivity index (χ0) is 19.7. The first-order chi connectivity index (χ1) is 13.6. The topological polar surface area (TPSA) is 69.5 Å². The van der Waals surface area contributed by atoms with E-state index in [1.54, 1.807) is 34.4 Å². The van der Waals surface area contributed by atoms with E-state index in [4.69, 9.17) is 9.47 Å². The molecule has 1 aliphatic heterocycles. The summed E-state index contributed by atoms with van der Waals surface area (Å²) in [5.74, 6) is 1.39. The number of aromatic nitrogens is 3. The Morgan fingerprint density at radius 3 is 2.89 bits per heavy atom. The van der Waals surface area contributed by atoms with Crippen LogP contribution in [0.15, 0.2) is 36.9 Å². The van der Waals surface area contributed by atoms with Gasteiger partial charge in [0.05, 0.1) is 13.7 Å². The van der Waals surface area contributed by atoms with Gasteiger partial charge in [0.15, 0.2) is 11.5 Å². The molecule has 0 unspecified atom stereocenters. The number of ether oxygens (including phenoxy) is 2. The summed E-state index contributed by atoms with van der Waals surface area (Å²) in [7, 11) is 1.64. The summed E-state index contributed by atoms with van der Waals surface area (Å²) >= 11 is 1.73. The molecule has 3 heterocycles. The fraction of sp³-hybridized carbons (Fsp3) is 0.350. The smallest absolute Gasteiger partial charge is 0.247 e. The molecule has 0 saturated carbocycles. The van der Waals surface area contributed by atoms with E-state index in [0.717, 1.165) is 16.0 Å². The molecule has 0 bridgehead atoms. The average molecular weight is 398 g/mol. The molecule has 0 radical (unpaired) electrons. The molecule has 2 aromatic heterocycles. The Kier molecular flexibility index (Phi) is 5.04. The molecule has 1 aliphatic rings. The molecule has 1 atom stereocenters. The fourth-order valence-electron chi connectivity index (χ4n) is 3.35. The Labute approximate surface area is 167 Å². The van der Waals surface area contributed by atoms with Crippen molar-refractivity contribution in [3.8, 4) is 21.9 Å². The van der Waals surface area contributed by atoms with Gasteiger partial charge in [-0.3, -0.25) is 4.79 Å². The highest BCUT2D eigenvalue weighted by Crippen LogP contribution is 2.40. The molecule has 0 N–H and O–H groups in total. The first-order valence-electron chi connectivity index (χ1n) is 9.10. The first kappa shape index (κ1) is 18.5. The highest BCUT2D eigenvalue weighted by molar-refractivity contribution is 7.15. The Hall–Kier alpha value is -2.87. The Balaban J connectivity index is 1.67. The third kappa shape index (κ3) is 3.47. The van der Waals surface area contributed by atoms with E-state index >= 15 is 0 Å². The number of amides is 1. The van der Waals surface area contributed by atoms with Crippen LogP contribution in [0.5, 0.6) is 11.5 Å². The SMILES string of the molecule is COc1cc(-c2ccc(C)s2)cc2c1OCCN(C(=O)[C@H](C)n1cncn1)C2. The molecule has 0 saturated heterocycles. The van der Waals surface area contributed by atoms with E-state index in [0.29, 0.717) is 31.2 Å². The number of hydrogen-bond acceptors (Lipinski definition) is 6. The number of carbonyl (C=O) groups is 1. The van der Waals surface area contributed by atoms with Crippen LogP contribution in [0.4, 0.5) is 0 Å². The lowest BCUT2D eigenvalue weighted by Gasteiger charge is -2.23. The quantitative estimate of drug-likeness (QED) is 0.674. The molecule has 0 spiro atoms. The van der Waals surface area contributed by atoms with Gasteiger partial charge in [-0.1, -0.05) is 0 Å². The molecular weight excluding hydrogens is 376 g/mol. The lowest BCUT2D eigenvalue weighted by atomic mass is 10.1. The summed E-state index contributed by atoms with van der Waals surface area (Å²) in [6, 6.07) is 7.88. The lowest BCUT2D eigenvalue weighted by Crippen LogP contribution is -2.37. The first-order valence-corrected chi connectivity index (χ1v) is 9.92. The van der Waals surface area contributed by atoms with Gasteiger partial charge in [-0.05, 0) is 43.7 Å². The molecule has 7 nitrogen and oxygen atoms in total. The predicted octanol–water partition coefficient (Wildman–Crippen LogP) is 3.31. The number of fused-ring (bicyclic) bond motifs is 1.